The highest BCUT2D eigenvalue weighted by Crippen LogP contribution is 2.45. The highest BCUT2D eigenvalue weighted by Gasteiger charge is 2.34. The Morgan fingerprint density at radius 2 is 1.94 bits per heavy atom. The van der Waals surface area contributed by atoms with E-state index in [-0.39, 0.29) is 22.9 Å². The van der Waals surface area contributed by atoms with E-state index in [0.29, 0.717) is 17.7 Å². The van der Waals surface area contributed by atoms with Crippen LogP contribution in [0, 0.1) is 0 Å². The number of hydrogen-bond donors (Lipinski definition) is 3. The fraction of sp³-hybridized carbons (Fsp3) is 0.261. The molecule has 0 aliphatic heterocycles. The molecule has 2 aromatic carbocycles. The number of phenols is 1. The number of anilines is 1. The van der Waals surface area contributed by atoms with Crippen LogP contribution in [0.25, 0.3) is 11.3 Å². The van der Waals surface area contributed by atoms with E-state index < -0.39 is 23.7 Å². The van der Waals surface area contributed by atoms with Crippen molar-refractivity contribution in [2.24, 2.45) is 5.73 Å². The molecule has 1 fully saturated rings. The van der Waals surface area contributed by atoms with Gasteiger partial charge in [-0.05, 0) is 49.6 Å². The van der Waals surface area contributed by atoms with Gasteiger partial charge in [0.05, 0.1) is 11.3 Å². The lowest BCUT2D eigenvalue weighted by atomic mass is 10.0. The zero-order valence-electron chi connectivity index (χ0n) is 17.6. The number of aromatic nitrogens is 2. The van der Waals surface area contributed by atoms with Crippen molar-refractivity contribution in [1.82, 2.24) is 9.78 Å². The molecule has 1 saturated carbocycles. The van der Waals surface area contributed by atoms with E-state index >= 15 is 0 Å². The fourth-order valence-corrected chi connectivity index (χ4v) is 3.82. The van der Waals surface area contributed by atoms with Crippen molar-refractivity contribution < 1.29 is 27.9 Å². The van der Waals surface area contributed by atoms with E-state index in [1.54, 1.807) is 0 Å². The van der Waals surface area contributed by atoms with Crippen LogP contribution in [0.1, 0.15) is 52.9 Å². The minimum absolute atomic E-state index is 0.170. The summed E-state index contributed by atoms with van der Waals surface area (Å²) in [6, 6.07) is 7.65. The molecule has 0 unspecified atom stereocenters. The minimum Gasteiger partial charge on any atom is -0.507 e. The largest absolute Gasteiger partial charge is 0.507 e. The maximum Gasteiger partial charge on any atom is 0.416 e. The summed E-state index contributed by atoms with van der Waals surface area (Å²) < 4.78 is 39.9. The SMILES string of the molecule is CCc1c(-c2ccc(NC(=O)c3cccc(C(F)(F)F)c3)cc2O)nn(C(N)=O)c1C1CC1. The maximum absolute atomic E-state index is 12.9. The number of nitrogens with one attached hydrogen (secondary N) is 1. The Kier molecular flexibility index (Phi) is 5.61. The van der Waals surface area contributed by atoms with Crippen LogP contribution in [0.2, 0.25) is 0 Å². The fourth-order valence-electron chi connectivity index (χ4n) is 3.82. The van der Waals surface area contributed by atoms with Crippen LogP contribution in [-0.4, -0.2) is 26.8 Å². The van der Waals surface area contributed by atoms with Crippen molar-refractivity contribution >= 4 is 17.6 Å². The summed E-state index contributed by atoms with van der Waals surface area (Å²) in [5.41, 5.74) is 6.91. The van der Waals surface area contributed by atoms with Gasteiger partial charge in [0.25, 0.3) is 5.91 Å². The standard InChI is InChI=1S/C23H21F3N4O3/c1-2-16-19(29-30(22(27)33)20(16)12-6-7-12)17-9-8-15(11-18(17)31)28-21(32)13-4-3-5-14(10-13)23(24,25)26/h3-5,8-12,31H,2,6-7H2,1H3,(H2,27,33)(H,28,32). The molecule has 1 heterocycles. The van der Waals surface area contributed by atoms with Gasteiger partial charge in [0.2, 0.25) is 0 Å². The highest BCUT2D eigenvalue weighted by atomic mass is 19.4. The smallest absolute Gasteiger partial charge is 0.416 e. The van der Waals surface area contributed by atoms with Crippen LogP contribution in [0.4, 0.5) is 23.7 Å². The van der Waals surface area contributed by atoms with Crippen LogP contribution >= 0.6 is 0 Å². The van der Waals surface area contributed by atoms with Crippen molar-refractivity contribution in [3.05, 3.63) is 64.8 Å². The highest BCUT2D eigenvalue weighted by molar-refractivity contribution is 6.04. The number of nitrogens with zero attached hydrogens (tertiary/aromatic N) is 2. The molecule has 4 rings (SSSR count). The van der Waals surface area contributed by atoms with Gasteiger partial charge in [0, 0.05) is 34.4 Å². The molecular weight excluding hydrogens is 437 g/mol. The van der Waals surface area contributed by atoms with Gasteiger partial charge in [-0.15, -0.1) is 0 Å². The third kappa shape index (κ3) is 4.41. The number of hydrogen-bond acceptors (Lipinski definition) is 4. The molecule has 4 N–H and O–H groups in total. The normalized spacial score (nSPS) is 13.7. The molecule has 172 valence electrons. The number of rotatable bonds is 5. The molecule has 10 heteroatoms. The zero-order chi connectivity index (χ0) is 23.9. The topological polar surface area (TPSA) is 110 Å². The van der Waals surface area contributed by atoms with Crippen LogP contribution in [0.15, 0.2) is 42.5 Å². The predicted octanol–water partition coefficient (Wildman–Crippen LogP) is 4.89. The van der Waals surface area contributed by atoms with E-state index in [1.165, 1.54) is 28.9 Å². The van der Waals surface area contributed by atoms with Gasteiger partial charge in [0.1, 0.15) is 11.4 Å². The van der Waals surface area contributed by atoms with E-state index in [1.807, 2.05) is 6.92 Å². The number of carbonyl (C=O) groups excluding carboxylic acids is 2. The second-order valence-corrected chi connectivity index (χ2v) is 7.85. The van der Waals surface area contributed by atoms with E-state index in [0.717, 1.165) is 42.3 Å². The van der Waals surface area contributed by atoms with Gasteiger partial charge < -0.3 is 16.2 Å². The Balaban J connectivity index is 1.63. The quantitative estimate of drug-likeness (QED) is 0.505. The summed E-state index contributed by atoms with van der Waals surface area (Å²) in [7, 11) is 0. The van der Waals surface area contributed by atoms with Gasteiger partial charge in [-0.25, -0.2) is 4.79 Å². The number of aromatic hydroxyl groups is 1. The Labute approximate surface area is 187 Å². The number of amides is 2. The molecule has 0 radical (unpaired) electrons. The number of nitrogens with two attached hydrogens (primary N) is 1. The lowest BCUT2D eigenvalue weighted by Gasteiger charge is -2.11. The first kappa shape index (κ1) is 22.4. The summed E-state index contributed by atoms with van der Waals surface area (Å²) in [5.74, 6) is -0.763. The second kappa shape index (κ2) is 8.27. The lowest BCUT2D eigenvalue weighted by Crippen LogP contribution is -2.23. The molecule has 7 nitrogen and oxygen atoms in total. The van der Waals surface area contributed by atoms with E-state index in [2.05, 4.69) is 10.4 Å². The first-order valence-corrected chi connectivity index (χ1v) is 10.3. The molecule has 1 aliphatic rings. The number of primary amides is 1. The summed E-state index contributed by atoms with van der Waals surface area (Å²) in [4.78, 5) is 24.3. The maximum atomic E-state index is 12.9. The molecule has 2 amide bonds. The third-order valence-corrected chi connectivity index (χ3v) is 5.51. The van der Waals surface area contributed by atoms with Crippen molar-refractivity contribution in [2.45, 2.75) is 38.3 Å². The van der Waals surface area contributed by atoms with Crippen molar-refractivity contribution in [3.63, 3.8) is 0 Å². The van der Waals surface area contributed by atoms with Gasteiger partial charge in [-0.1, -0.05) is 13.0 Å². The first-order valence-electron chi connectivity index (χ1n) is 10.3. The number of phenolic OH excluding ortho intramolecular Hbond substituents is 1. The molecule has 0 bridgehead atoms. The minimum atomic E-state index is -4.57. The number of alkyl halides is 3. The summed E-state index contributed by atoms with van der Waals surface area (Å²) in [5, 5.41) is 17.4. The van der Waals surface area contributed by atoms with Gasteiger partial charge >= 0.3 is 12.2 Å². The van der Waals surface area contributed by atoms with Crippen molar-refractivity contribution in [2.75, 3.05) is 5.32 Å². The van der Waals surface area contributed by atoms with Crippen LogP contribution < -0.4 is 11.1 Å². The average molecular weight is 458 g/mol. The Morgan fingerprint density at radius 3 is 2.52 bits per heavy atom. The molecule has 0 spiro atoms. The predicted molar refractivity (Wildman–Crippen MR) is 115 cm³/mol. The van der Waals surface area contributed by atoms with Crippen LogP contribution in [-0.2, 0) is 12.6 Å². The average Bonchev–Trinajstić information content (AvgIpc) is 3.52. The lowest BCUT2D eigenvalue weighted by molar-refractivity contribution is -0.137. The molecule has 0 saturated heterocycles. The molecule has 0 atom stereocenters. The number of carbonyl (C=O) groups is 2. The monoisotopic (exact) mass is 458 g/mol. The van der Waals surface area contributed by atoms with Crippen molar-refractivity contribution in [1.29, 1.82) is 0 Å². The Morgan fingerprint density at radius 1 is 1.21 bits per heavy atom. The molecular formula is C23H21F3N4O3. The van der Waals surface area contributed by atoms with Gasteiger partial charge in [-0.3, -0.25) is 4.79 Å². The Bertz CT molecular complexity index is 1250. The van der Waals surface area contributed by atoms with E-state index in [4.69, 9.17) is 5.73 Å². The zero-order valence-corrected chi connectivity index (χ0v) is 17.6. The molecule has 1 aromatic heterocycles. The summed E-state index contributed by atoms with van der Waals surface area (Å²) in [6.45, 7) is 1.92. The van der Waals surface area contributed by atoms with Crippen molar-refractivity contribution in [3.8, 4) is 17.0 Å². The third-order valence-electron chi connectivity index (χ3n) is 5.51. The van der Waals surface area contributed by atoms with E-state index in [9.17, 15) is 27.9 Å². The molecule has 1 aliphatic carbocycles. The van der Waals surface area contributed by atoms with Crippen LogP contribution in [0.5, 0.6) is 5.75 Å². The van der Waals surface area contributed by atoms with Gasteiger partial charge in [-0.2, -0.15) is 23.0 Å². The van der Waals surface area contributed by atoms with Gasteiger partial charge in [0.15, 0.2) is 0 Å². The summed E-state index contributed by atoms with van der Waals surface area (Å²) >= 11 is 0. The second-order valence-electron chi connectivity index (χ2n) is 7.85. The first-order chi connectivity index (χ1) is 15.6. The molecule has 33 heavy (non-hydrogen) atoms. The number of halogens is 3. The van der Waals surface area contributed by atoms with Crippen LogP contribution in [0.3, 0.4) is 0 Å². The summed E-state index contributed by atoms with van der Waals surface area (Å²) in [6.07, 6.45) is -2.14. The Hall–Kier alpha value is -3.82. The molecule has 3 aromatic rings. The number of benzene rings is 2.